The average Bonchev–Trinajstić information content (AvgIpc) is 3.28. The second-order valence-corrected chi connectivity index (χ2v) is 24.0. The summed E-state index contributed by atoms with van der Waals surface area (Å²) in [6.45, 7) is 28.3. The van der Waals surface area contributed by atoms with E-state index in [9.17, 15) is 0 Å². The molecule has 0 radical (unpaired) electrons. The first-order chi connectivity index (χ1) is 31.3. The molecule has 7 aromatic carbocycles. The number of nitrogens with zero attached hydrogens (tertiary/aromatic N) is 3. The molecule has 0 spiro atoms. The molecule has 4 heteroatoms. The summed E-state index contributed by atoms with van der Waals surface area (Å²) in [5.41, 5.74) is 14.7. The summed E-state index contributed by atoms with van der Waals surface area (Å²) < 4.78 is 0. The van der Waals surface area contributed by atoms with Gasteiger partial charge in [-0.25, -0.2) is 0 Å². The number of rotatable bonds is 7. The van der Waals surface area contributed by atoms with Gasteiger partial charge >= 0.3 is 0 Å². The summed E-state index contributed by atoms with van der Waals surface area (Å²) in [4.78, 5) is 9.79. The minimum absolute atomic E-state index is 0.204. The van der Waals surface area contributed by atoms with Gasteiger partial charge in [0.05, 0.1) is 34.1 Å². The van der Waals surface area contributed by atoms with Crippen molar-refractivity contribution in [3.8, 4) is 0 Å². The van der Waals surface area contributed by atoms with Crippen LogP contribution in [0.25, 0.3) is 0 Å². The first kappa shape index (κ1) is 46.8. The van der Waals surface area contributed by atoms with Gasteiger partial charge in [-0.05, 0) is 142 Å². The van der Waals surface area contributed by atoms with Crippen LogP contribution in [0.4, 0.5) is 51.2 Å². The molecule has 0 saturated carbocycles. The van der Waals surface area contributed by atoms with Crippen LogP contribution in [0.15, 0.2) is 186 Å². The fourth-order valence-electron chi connectivity index (χ4n) is 9.84. The molecule has 2 aliphatic rings. The Morgan fingerprint density at radius 2 is 0.591 bits per heavy atom. The Bertz CT molecular complexity index is 2630. The van der Waals surface area contributed by atoms with E-state index >= 15 is 0 Å². The van der Waals surface area contributed by atoms with Crippen molar-refractivity contribution in [1.82, 2.24) is 0 Å². The Kier molecular flexibility index (Phi) is 13.1. The Morgan fingerprint density at radius 3 is 0.909 bits per heavy atom. The number of hydrogen-bond donors (Lipinski definition) is 0. The van der Waals surface area contributed by atoms with E-state index in [4.69, 9.17) is 0 Å². The average molecular weight is 890 g/mol. The highest BCUT2D eigenvalue weighted by molar-refractivity contribution is 7.99. The van der Waals surface area contributed by atoms with E-state index in [1.165, 1.54) is 78.5 Å². The van der Waals surface area contributed by atoms with Crippen molar-refractivity contribution in [2.24, 2.45) is 21.7 Å². The van der Waals surface area contributed by atoms with Crippen LogP contribution >= 0.6 is 11.8 Å². The fraction of sp³-hybridized carbons (Fsp3) is 0.323. The third-order valence-corrected chi connectivity index (χ3v) is 14.1. The zero-order chi connectivity index (χ0) is 47.0. The maximum Gasteiger partial charge on any atom is 0.0703 e. The third kappa shape index (κ3) is 10.3. The molecule has 2 aliphatic heterocycles. The standard InChI is InChI=1S/C34H38N2.C28H33NS/c1-33(2,3)24-28(34(4,5)6)25-20-22-27(23-21-25)36-31-18-12-10-16-29(31)35(26-14-8-7-9-15-26)30-17-11-13-19-32(30)36;1-27(2,3)19-22(28(4,5)6)20-15-17-21(18-16-20)29-23-11-7-9-13-25(23)30-26-14-10-8-12-24(26)29/h7-23,28H,24H2,1-6H3;7-18,22H,19H2,1-6H3. The second kappa shape index (κ2) is 18.5. The van der Waals surface area contributed by atoms with Gasteiger partial charge in [0.15, 0.2) is 0 Å². The third-order valence-electron chi connectivity index (χ3n) is 13.0. The summed E-state index contributed by atoms with van der Waals surface area (Å²) in [6, 6.07) is 64.1. The van der Waals surface area contributed by atoms with Crippen molar-refractivity contribution >= 4 is 62.9 Å². The van der Waals surface area contributed by atoms with Crippen LogP contribution in [0.2, 0.25) is 0 Å². The second-order valence-electron chi connectivity index (χ2n) is 22.9. The van der Waals surface area contributed by atoms with Gasteiger partial charge in [0, 0.05) is 26.9 Å². The van der Waals surface area contributed by atoms with Crippen LogP contribution in [0.3, 0.4) is 0 Å². The summed E-state index contributed by atoms with van der Waals surface area (Å²) in [6.07, 6.45) is 2.35. The molecule has 0 N–H and O–H groups in total. The highest BCUT2D eigenvalue weighted by atomic mass is 32.2. The highest BCUT2D eigenvalue weighted by Gasteiger charge is 2.34. The topological polar surface area (TPSA) is 9.72 Å². The molecule has 9 rings (SSSR count). The van der Waals surface area contributed by atoms with E-state index in [0.29, 0.717) is 17.3 Å². The lowest BCUT2D eigenvalue weighted by molar-refractivity contribution is 0.229. The van der Waals surface area contributed by atoms with E-state index in [1.54, 1.807) is 0 Å². The van der Waals surface area contributed by atoms with Gasteiger partial charge in [0.2, 0.25) is 0 Å². The molecule has 0 aliphatic carbocycles. The molecule has 2 atom stereocenters. The maximum absolute atomic E-state index is 2.41. The molecule has 0 aromatic heterocycles. The predicted octanol–water partition coefficient (Wildman–Crippen LogP) is 19.7. The number of benzene rings is 7. The Labute approximate surface area is 401 Å². The lowest BCUT2D eigenvalue weighted by atomic mass is 9.69. The van der Waals surface area contributed by atoms with Gasteiger partial charge in [-0.3, -0.25) is 0 Å². The molecule has 3 nitrogen and oxygen atoms in total. The Hall–Kier alpha value is -5.71. The van der Waals surface area contributed by atoms with E-state index < -0.39 is 0 Å². The fourth-order valence-corrected chi connectivity index (χ4v) is 10.9. The van der Waals surface area contributed by atoms with Crippen molar-refractivity contribution in [1.29, 1.82) is 0 Å². The molecule has 0 saturated heterocycles. The van der Waals surface area contributed by atoms with Crippen molar-refractivity contribution < 1.29 is 0 Å². The van der Waals surface area contributed by atoms with Gasteiger partial charge in [0.25, 0.3) is 0 Å². The van der Waals surface area contributed by atoms with Gasteiger partial charge in [-0.15, -0.1) is 0 Å². The first-order valence-electron chi connectivity index (χ1n) is 24.0. The monoisotopic (exact) mass is 890 g/mol. The van der Waals surface area contributed by atoms with Crippen molar-refractivity contribution in [2.75, 3.05) is 14.7 Å². The van der Waals surface area contributed by atoms with Crippen molar-refractivity contribution in [3.05, 3.63) is 187 Å². The smallest absolute Gasteiger partial charge is 0.0703 e. The SMILES string of the molecule is CC(C)(C)CC(c1ccc(N2c3ccccc3N(c3ccccc3)c3ccccc32)cc1)C(C)(C)C.CC(C)(C)CC(c1ccc(N2c3ccccc3Sc3ccccc32)cc1)C(C)(C)C. The molecule has 0 fully saturated rings. The molecule has 66 heavy (non-hydrogen) atoms. The number of anilines is 9. The largest absolute Gasteiger partial charge is 0.308 e. The molecule has 7 aromatic rings. The molecule has 0 amide bonds. The number of fused-ring (bicyclic) bond motifs is 4. The summed E-state index contributed by atoms with van der Waals surface area (Å²) in [7, 11) is 0. The molecule has 2 unspecified atom stereocenters. The minimum Gasteiger partial charge on any atom is -0.308 e. The number of para-hydroxylation sites is 7. The molecular weight excluding hydrogens is 819 g/mol. The quantitative estimate of drug-likeness (QED) is 0.158. The van der Waals surface area contributed by atoms with Gasteiger partial charge in [-0.2, -0.15) is 0 Å². The summed E-state index contributed by atoms with van der Waals surface area (Å²) in [5, 5.41) is 0. The van der Waals surface area contributed by atoms with Crippen LogP contribution in [0.5, 0.6) is 0 Å². The normalized spacial score (nSPS) is 14.5. The van der Waals surface area contributed by atoms with Crippen molar-refractivity contribution in [3.63, 3.8) is 0 Å². The van der Waals surface area contributed by atoms with E-state index in [1.807, 2.05) is 11.8 Å². The van der Waals surface area contributed by atoms with Gasteiger partial charge in [0.1, 0.15) is 0 Å². The number of hydrogen-bond acceptors (Lipinski definition) is 4. The Balaban J connectivity index is 0.000000182. The van der Waals surface area contributed by atoms with Crippen LogP contribution in [0, 0.1) is 21.7 Å². The lowest BCUT2D eigenvalue weighted by Crippen LogP contribution is -2.25. The molecule has 0 bridgehead atoms. The first-order valence-corrected chi connectivity index (χ1v) is 24.8. The zero-order valence-electron chi connectivity index (χ0n) is 41.6. The highest BCUT2D eigenvalue weighted by Crippen LogP contribution is 2.55. The van der Waals surface area contributed by atoms with Gasteiger partial charge in [-0.1, -0.05) is 186 Å². The molecular formula is C62H71N3S. The van der Waals surface area contributed by atoms with Crippen molar-refractivity contribution in [2.45, 2.75) is 118 Å². The summed E-state index contributed by atoms with van der Waals surface area (Å²) >= 11 is 1.86. The van der Waals surface area contributed by atoms with Gasteiger partial charge < -0.3 is 14.7 Å². The summed E-state index contributed by atoms with van der Waals surface area (Å²) in [5.74, 6) is 1.03. The van der Waals surface area contributed by atoms with Crippen LogP contribution in [-0.2, 0) is 0 Å². The Morgan fingerprint density at radius 1 is 0.318 bits per heavy atom. The van der Waals surface area contributed by atoms with E-state index in [0.717, 1.165) is 6.42 Å². The minimum atomic E-state index is 0.204. The van der Waals surface area contributed by atoms with Crippen LogP contribution < -0.4 is 14.7 Å². The maximum atomic E-state index is 2.41. The predicted molar refractivity (Wildman–Crippen MR) is 287 cm³/mol. The molecule has 340 valence electrons. The van der Waals surface area contributed by atoms with E-state index in [2.05, 4.69) is 274 Å². The lowest BCUT2D eigenvalue weighted by Gasteiger charge is -2.40. The van der Waals surface area contributed by atoms with Crippen LogP contribution in [-0.4, -0.2) is 0 Å². The van der Waals surface area contributed by atoms with Crippen LogP contribution in [0.1, 0.15) is 119 Å². The zero-order valence-corrected chi connectivity index (χ0v) is 42.4. The molecule has 2 heterocycles. The van der Waals surface area contributed by atoms with E-state index in [-0.39, 0.29) is 16.2 Å².